The number of benzene rings is 2. The average Bonchev–Trinajstić information content (AvgIpc) is 3.24. The smallest absolute Gasteiger partial charge is 0.230 e. The Bertz CT molecular complexity index is 1260. The standard InChI is InChI=1S/C22H22Cl2N4O3S2/c1-14-4-6-15(7-5-14)21-26-27-22(32-21)25-20(29)16-3-2-10-28(12-16)33(30,31)13-17-8-9-18(23)11-19(17)24/h4-9,11,16H,2-3,10,12-13H2,1H3,(H,25,27,29)/t16-/m1/s1. The van der Waals surface area contributed by atoms with E-state index in [0.717, 1.165) is 11.1 Å². The predicted octanol–water partition coefficient (Wildman–Crippen LogP) is 5.00. The number of aryl methyl sites for hydroxylation is 1. The molecular weight excluding hydrogens is 503 g/mol. The molecule has 2 aromatic carbocycles. The minimum atomic E-state index is -3.65. The number of rotatable bonds is 6. The molecule has 1 aliphatic heterocycles. The molecule has 1 amide bonds. The Morgan fingerprint density at radius 3 is 2.67 bits per heavy atom. The van der Waals surface area contributed by atoms with E-state index in [2.05, 4.69) is 15.5 Å². The number of hydrogen-bond acceptors (Lipinski definition) is 6. The molecule has 11 heteroatoms. The van der Waals surface area contributed by atoms with Crippen LogP contribution in [0.1, 0.15) is 24.0 Å². The molecule has 1 N–H and O–H groups in total. The summed E-state index contributed by atoms with van der Waals surface area (Å²) in [6.07, 6.45) is 1.19. The molecule has 1 fully saturated rings. The molecule has 0 bridgehead atoms. The van der Waals surface area contributed by atoms with E-state index < -0.39 is 15.9 Å². The fraction of sp³-hybridized carbons (Fsp3) is 0.318. The second-order valence-electron chi connectivity index (χ2n) is 7.96. The first-order chi connectivity index (χ1) is 15.7. The number of anilines is 1. The van der Waals surface area contributed by atoms with Crippen molar-refractivity contribution in [2.75, 3.05) is 18.4 Å². The first-order valence-corrected chi connectivity index (χ1v) is 13.5. The lowest BCUT2D eigenvalue weighted by Crippen LogP contribution is -2.44. The zero-order valence-electron chi connectivity index (χ0n) is 17.8. The van der Waals surface area contributed by atoms with E-state index in [4.69, 9.17) is 23.2 Å². The number of nitrogens with one attached hydrogen (secondary N) is 1. The Labute approximate surface area is 206 Å². The van der Waals surface area contributed by atoms with E-state index in [9.17, 15) is 13.2 Å². The van der Waals surface area contributed by atoms with Crippen molar-refractivity contribution in [1.29, 1.82) is 0 Å². The van der Waals surface area contributed by atoms with Gasteiger partial charge in [-0.05, 0) is 37.5 Å². The number of carbonyl (C=O) groups is 1. The summed E-state index contributed by atoms with van der Waals surface area (Å²) in [6, 6.07) is 12.6. The number of nitrogens with zero attached hydrogens (tertiary/aromatic N) is 3. The SMILES string of the molecule is Cc1ccc(-c2nnc(NC(=O)[C@@H]3CCCN(S(=O)(=O)Cc4ccc(Cl)cc4Cl)C3)s2)cc1. The van der Waals surface area contributed by atoms with Crippen LogP contribution in [0.25, 0.3) is 10.6 Å². The zero-order valence-corrected chi connectivity index (χ0v) is 20.9. The third-order valence-corrected chi connectivity index (χ3v) is 8.72. The van der Waals surface area contributed by atoms with Crippen molar-refractivity contribution in [3.63, 3.8) is 0 Å². The fourth-order valence-corrected chi connectivity index (χ4v) is 6.58. The molecule has 1 aromatic heterocycles. The van der Waals surface area contributed by atoms with Gasteiger partial charge < -0.3 is 5.32 Å². The van der Waals surface area contributed by atoms with Gasteiger partial charge in [-0.25, -0.2) is 12.7 Å². The minimum absolute atomic E-state index is 0.114. The molecule has 7 nitrogen and oxygen atoms in total. The highest BCUT2D eigenvalue weighted by Gasteiger charge is 2.33. The van der Waals surface area contributed by atoms with Gasteiger partial charge in [0, 0.05) is 28.7 Å². The van der Waals surface area contributed by atoms with Crippen LogP contribution in [-0.4, -0.2) is 41.9 Å². The normalized spacial score (nSPS) is 17.1. The number of carbonyl (C=O) groups excluding carboxylic acids is 1. The Balaban J connectivity index is 1.40. The molecule has 1 atom stereocenters. The summed E-state index contributed by atoms with van der Waals surface area (Å²) < 4.78 is 27.3. The molecule has 0 spiro atoms. The van der Waals surface area contributed by atoms with Crippen LogP contribution in [0.5, 0.6) is 0 Å². The van der Waals surface area contributed by atoms with Crippen molar-refractivity contribution < 1.29 is 13.2 Å². The highest BCUT2D eigenvalue weighted by molar-refractivity contribution is 7.88. The van der Waals surface area contributed by atoms with Gasteiger partial charge in [-0.15, -0.1) is 10.2 Å². The van der Waals surface area contributed by atoms with Crippen molar-refractivity contribution in [3.05, 3.63) is 63.6 Å². The van der Waals surface area contributed by atoms with E-state index in [0.29, 0.717) is 45.1 Å². The van der Waals surface area contributed by atoms with Crippen LogP contribution >= 0.6 is 34.5 Å². The minimum Gasteiger partial charge on any atom is -0.300 e. The van der Waals surface area contributed by atoms with Gasteiger partial charge in [0.2, 0.25) is 21.1 Å². The molecule has 1 saturated heterocycles. The molecule has 0 aliphatic carbocycles. The maximum absolute atomic E-state index is 13.0. The van der Waals surface area contributed by atoms with Crippen LogP contribution in [0.4, 0.5) is 5.13 Å². The lowest BCUT2D eigenvalue weighted by Gasteiger charge is -2.31. The number of halogens is 2. The first kappa shape index (κ1) is 24.1. The Morgan fingerprint density at radius 2 is 1.94 bits per heavy atom. The number of aromatic nitrogens is 2. The summed E-state index contributed by atoms with van der Waals surface area (Å²) in [6.45, 7) is 2.49. The van der Waals surface area contributed by atoms with Gasteiger partial charge in [0.15, 0.2) is 0 Å². The Morgan fingerprint density at radius 1 is 1.18 bits per heavy atom. The van der Waals surface area contributed by atoms with Crippen molar-refractivity contribution >= 4 is 55.6 Å². The quantitative estimate of drug-likeness (QED) is 0.489. The first-order valence-electron chi connectivity index (χ1n) is 10.3. The van der Waals surface area contributed by atoms with Crippen molar-refractivity contribution in [3.8, 4) is 10.6 Å². The molecule has 0 saturated carbocycles. The van der Waals surface area contributed by atoms with Gasteiger partial charge in [0.25, 0.3) is 0 Å². The second kappa shape index (κ2) is 10.1. The van der Waals surface area contributed by atoms with Crippen molar-refractivity contribution in [1.82, 2.24) is 14.5 Å². The molecular formula is C22H22Cl2N4O3S2. The van der Waals surface area contributed by atoms with Crippen LogP contribution in [0.15, 0.2) is 42.5 Å². The fourth-order valence-electron chi connectivity index (χ4n) is 3.63. The maximum atomic E-state index is 13.0. The summed E-state index contributed by atoms with van der Waals surface area (Å²) in [4.78, 5) is 12.9. The highest BCUT2D eigenvalue weighted by Crippen LogP contribution is 2.29. The van der Waals surface area contributed by atoms with Crippen molar-refractivity contribution in [2.24, 2.45) is 5.92 Å². The monoisotopic (exact) mass is 524 g/mol. The van der Waals surface area contributed by atoms with Gasteiger partial charge >= 0.3 is 0 Å². The summed E-state index contributed by atoms with van der Waals surface area (Å²) >= 11 is 13.3. The topological polar surface area (TPSA) is 92.3 Å². The number of piperidine rings is 1. The van der Waals surface area contributed by atoms with Gasteiger partial charge in [0.1, 0.15) is 5.01 Å². The van der Waals surface area contributed by atoms with E-state index in [1.807, 2.05) is 31.2 Å². The summed E-state index contributed by atoms with van der Waals surface area (Å²) in [5.74, 6) is -0.972. The molecule has 33 heavy (non-hydrogen) atoms. The second-order valence-corrected chi connectivity index (χ2v) is 11.7. The van der Waals surface area contributed by atoms with E-state index in [1.165, 1.54) is 21.7 Å². The summed E-state index contributed by atoms with van der Waals surface area (Å²) in [5, 5.41) is 12.9. The molecule has 4 rings (SSSR count). The third kappa shape index (κ3) is 5.91. The van der Waals surface area contributed by atoms with Crippen molar-refractivity contribution in [2.45, 2.75) is 25.5 Å². The van der Waals surface area contributed by atoms with Crippen LogP contribution in [-0.2, 0) is 20.6 Å². The molecule has 3 aromatic rings. The Kier molecular flexibility index (Phi) is 7.35. The zero-order chi connectivity index (χ0) is 23.6. The maximum Gasteiger partial charge on any atom is 0.230 e. The van der Waals surface area contributed by atoms with E-state index in [1.54, 1.807) is 12.1 Å². The molecule has 1 aliphatic rings. The van der Waals surface area contributed by atoms with E-state index in [-0.39, 0.29) is 18.2 Å². The van der Waals surface area contributed by atoms with Gasteiger partial charge in [-0.3, -0.25) is 4.79 Å². The molecule has 0 unspecified atom stereocenters. The van der Waals surface area contributed by atoms with E-state index >= 15 is 0 Å². The van der Waals surface area contributed by atoms with Gasteiger partial charge in [0.05, 0.1) is 11.7 Å². The average molecular weight is 525 g/mol. The number of sulfonamides is 1. The van der Waals surface area contributed by atoms with Crippen LogP contribution in [0.3, 0.4) is 0 Å². The Hall–Kier alpha value is -2.04. The van der Waals surface area contributed by atoms with Gasteiger partial charge in [-0.1, -0.05) is 70.4 Å². The highest BCUT2D eigenvalue weighted by atomic mass is 35.5. The third-order valence-electron chi connectivity index (χ3n) is 5.45. The summed E-state index contributed by atoms with van der Waals surface area (Å²) in [7, 11) is -3.65. The van der Waals surface area contributed by atoms with Crippen LogP contribution in [0, 0.1) is 12.8 Å². The molecule has 174 valence electrons. The molecule has 0 radical (unpaired) electrons. The van der Waals surface area contributed by atoms with Crippen LogP contribution in [0.2, 0.25) is 10.0 Å². The number of hydrogen-bond donors (Lipinski definition) is 1. The number of amides is 1. The lowest BCUT2D eigenvalue weighted by molar-refractivity contribution is -0.120. The lowest BCUT2D eigenvalue weighted by atomic mass is 9.99. The largest absolute Gasteiger partial charge is 0.300 e. The summed E-state index contributed by atoms with van der Waals surface area (Å²) in [5.41, 5.74) is 2.55. The molecule has 2 heterocycles. The van der Waals surface area contributed by atoms with Crippen LogP contribution < -0.4 is 5.32 Å². The van der Waals surface area contributed by atoms with Gasteiger partial charge in [-0.2, -0.15) is 0 Å². The predicted molar refractivity (Wildman–Crippen MR) is 132 cm³/mol.